The maximum atomic E-state index is 13.9. The fourth-order valence-corrected chi connectivity index (χ4v) is 6.84. The maximum Gasteiger partial charge on any atom is 0.249 e. The second-order valence-electron chi connectivity index (χ2n) is 13.4. The molecule has 0 spiro atoms. The van der Waals surface area contributed by atoms with Gasteiger partial charge in [0.1, 0.15) is 6.04 Å². The molecule has 3 unspecified atom stereocenters. The number of carbonyl (C=O) groups is 3. The second kappa shape index (κ2) is 14.8. The highest BCUT2D eigenvalue weighted by Gasteiger charge is 2.37. The summed E-state index contributed by atoms with van der Waals surface area (Å²) in [5, 5.41) is 3.13. The van der Waals surface area contributed by atoms with Crippen molar-refractivity contribution in [1.29, 1.82) is 0 Å². The van der Waals surface area contributed by atoms with Crippen LogP contribution in [0.5, 0.6) is 0 Å². The summed E-state index contributed by atoms with van der Waals surface area (Å²) in [6, 6.07) is -0.480. The molecule has 0 aromatic heterocycles. The SMILES string of the molecule is C/C(=C\C(C(C)C)N(C)C(=O)C(NC(=O)C1CCCCN1C(C)C)C(C)C)C(=O)N1CCC[C@H]1CN1CCCC1. The van der Waals surface area contributed by atoms with Gasteiger partial charge < -0.3 is 20.0 Å². The third kappa shape index (κ3) is 8.09. The molecule has 0 saturated carbocycles. The Morgan fingerprint density at radius 2 is 1.52 bits per heavy atom. The number of piperidine rings is 1. The van der Waals surface area contributed by atoms with Gasteiger partial charge in [-0.1, -0.05) is 40.2 Å². The molecule has 0 aromatic carbocycles. The van der Waals surface area contributed by atoms with Crippen molar-refractivity contribution in [1.82, 2.24) is 24.9 Å². The Labute approximate surface area is 243 Å². The highest BCUT2D eigenvalue weighted by molar-refractivity contribution is 5.94. The van der Waals surface area contributed by atoms with Crippen molar-refractivity contribution >= 4 is 17.7 Å². The fraction of sp³-hybridized carbons (Fsp3) is 0.844. The standard InChI is InChI=1S/C32H57N5O3/c1-22(2)28(20-25(7)31(39)37-19-13-14-26(37)21-35-16-11-12-17-35)34(8)32(40)29(23(3)4)33-30(38)27-15-9-10-18-36(27)24(5)6/h20,22-24,26-29H,9-19,21H2,1-8H3,(H,33,38)/b25-20+/t26-,27?,28?,29?/m0/s1. The number of likely N-dealkylation sites (N-methyl/N-ethyl adjacent to an activating group) is 1. The highest BCUT2D eigenvalue weighted by atomic mass is 16.2. The van der Waals surface area contributed by atoms with Crippen LogP contribution in [0.3, 0.4) is 0 Å². The smallest absolute Gasteiger partial charge is 0.249 e. The summed E-state index contributed by atoms with van der Waals surface area (Å²) in [6.07, 6.45) is 9.57. The minimum Gasteiger partial charge on any atom is -0.343 e. The second-order valence-corrected chi connectivity index (χ2v) is 13.4. The molecule has 3 aliphatic heterocycles. The maximum absolute atomic E-state index is 13.9. The Hall–Kier alpha value is -1.93. The van der Waals surface area contributed by atoms with E-state index in [0.717, 1.165) is 64.8 Å². The van der Waals surface area contributed by atoms with Crippen LogP contribution in [0.4, 0.5) is 0 Å². The lowest BCUT2D eigenvalue weighted by Crippen LogP contribution is -2.58. The topological polar surface area (TPSA) is 76.2 Å². The van der Waals surface area contributed by atoms with Gasteiger partial charge in [0.05, 0.1) is 12.1 Å². The quantitative estimate of drug-likeness (QED) is 0.389. The molecule has 1 N–H and O–H groups in total. The Balaban J connectivity index is 1.71. The van der Waals surface area contributed by atoms with Gasteiger partial charge in [0.2, 0.25) is 17.7 Å². The van der Waals surface area contributed by atoms with Gasteiger partial charge in [-0.05, 0) is 90.8 Å². The van der Waals surface area contributed by atoms with Crippen LogP contribution in [0.25, 0.3) is 0 Å². The van der Waals surface area contributed by atoms with Gasteiger partial charge in [-0.15, -0.1) is 0 Å². The van der Waals surface area contributed by atoms with Gasteiger partial charge in [0.15, 0.2) is 0 Å². The molecular weight excluding hydrogens is 502 g/mol. The van der Waals surface area contributed by atoms with Crippen molar-refractivity contribution in [3.8, 4) is 0 Å². The number of hydrogen-bond donors (Lipinski definition) is 1. The highest BCUT2D eigenvalue weighted by Crippen LogP contribution is 2.24. The van der Waals surface area contributed by atoms with E-state index in [1.807, 2.05) is 33.9 Å². The Kier molecular flexibility index (Phi) is 12.1. The molecule has 0 aromatic rings. The largest absolute Gasteiger partial charge is 0.343 e. The fourth-order valence-electron chi connectivity index (χ4n) is 6.84. The third-order valence-corrected chi connectivity index (χ3v) is 9.28. The summed E-state index contributed by atoms with van der Waals surface area (Å²) >= 11 is 0. The van der Waals surface area contributed by atoms with Crippen LogP contribution in [0.15, 0.2) is 11.6 Å². The van der Waals surface area contributed by atoms with Crippen LogP contribution in [0.2, 0.25) is 0 Å². The first-order chi connectivity index (χ1) is 18.9. The first kappa shape index (κ1) is 32.6. The van der Waals surface area contributed by atoms with E-state index >= 15 is 0 Å². The first-order valence-corrected chi connectivity index (χ1v) is 16.0. The van der Waals surface area contributed by atoms with Crippen molar-refractivity contribution in [3.63, 3.8) is 0 Å². The number of nitrogens with zero attached hydrogens (tertiary/aromatic N) is 4. The van der Waals surface area contributed by atoms with Crippen molar-refractivity contribution in [2.45, 2.75) is 124 Å². The molecule has 0 aliphatic carbocycles. The van der Waals surface area contributed by atoms with Gasteiger partial charge in [0.25, 0.3) is 0 Å². The van der Waals surface area contributed by atoms with E-state index in [4.69, 9.17) is 0 Å². The van der Waals surface area contributed by atoms with Crippen molar-refractivity contribution < 1.29 is 14.4 Å². The zero-order chi connectivity index (χ0) is 29.6. The minimum atomic E-state index is -0.609. The van der Waals surface area contributed by atoms with E-state index < -0.39 is 6.04 Å². The van der Waals surface area contributed by atoms with E-state index in [-0.39, 0.29) is 53.7 Å². The van der Waals surface area contributed by atoms with Crippen LogP contribution >= 0.6 is 0 Å². The van der Waals surface area contributed by atoms with E-state index in [0.29, 0.717) is 5.57 Å². The molecule has 228 valence electrons. The number of hydrogen-bond acceptors (Lipinski definition) is 5. The molecule has 3 heterocycles. The first-order valence-electron chi connectivity index (χ1n) is 16.0. The normalized spacial score (nSPS) is 24.7. The average molecular weight is 560 g/mol. The van der Waals surface area contributed by atoms with Crippen LogP contribution in [-0.4, -0.2) is 107 Å². The average Bonchev–Trinajstić information content (AvgIpc) is 3.61. The Bertz CT molecular complexity index is 895. The minimum absolute atomic E-state index is 0.0464. The molecule has 3 rings (SSSR count). The predicted molar refractivity (Wildman–Crippen MR) is 162 cm³/mol. The number of amides is 3. The zero-order valence-corrected chi connectivity index (χ0v) is 26.6. The number of carbonyl (C=O) groups excluding carboxylic acids is 3. The van der Waals surface area contributed by atoms with Crippen molar-refractivity contribution in [2.24, 2.45) is 11.8 Å². The van der Waals surface area contributed by atoms with Gasteiger partial charge in [-0.25, -0.2) is 0 Å². The molecule has 4 atom stereocenters. The van der Waals surface area contributed by atoms with Crippen LogP contribution < -0.4 is 5.32 Å². The molecule has 8 nitrogen and oxygen atoms in total. The van der Waals surface area contributed by atoms with Crippen LogP contribution in [0, 0.1) is 11.8 Å². The summed E-state index contributed by atoms with van der Waals surface area (Å²) in [5.41, 5.74) is 0.701. The molecule has 3 aliphatic rings. The Morgan fingerprint density at radius 3 is 2.12 bits per heavy atom. The van der Waals surface area contributed by atoms with E-state index in [9.17, 15) is 14.4 Å². The zero-order valence-electron chi connectivity index (χ0n) is 26.6. The van der Waals surface area contributed by atoms with Crippen LogP contribution in [-0.2, 0) is 14.4 Å². The lowest BCUT2D eigenvalue weighted by Gasteiger charge is -2.39. The summed E-state index contributed by atoms with van der Waals surface area (Å²) in [7, 11) is 1.82. The molecular formula is C32H57N5O3. The molecule has 0 bridgehead atoms. The molecule has 8 heteroatoms. The number of nitrogens with one attached hydrogen (secondary N) is 1. The summed E-state index contributed by atoms with van der Waals surface area (Å²) in [5.74, 6) is 0.0147. The van der Waals surface area contributed by atoms with E-state index in [1.54, 1.807) is 4.90 Å². The lowest BCUT2D eigenvalue weighted by molar-refractivity contribution is -0.140. The number of rotatable bonds is 11. The van der Waals surface area contributed by atoms with E-state index in [1.165, 1.54) is 12.8 Å². The molecule has 40 heavy (non-hydrogen) atoms. The molecule has 3 fully saturated rings. The van der Waals surface area contributed by atoms with Crippen LogP contribution in [0.1, 0.15) is 93.4 Å². The van der Waals surface area contributed by atoms with Crippen molar-refractivity contribution in [2.75, 3.05) is 39.8 Å². The summed E-state index contributed by atoms with van der Waals surface area (Å²) < 4.78 is 0. The molecule has 0 radical (unpaired) electrons. The summed E-state index contributed by atoms with van der Waals surface area (Å²) in [4.78, 5) is 49.5. The van der Waals surface area contributed by atoms with E-state index in [2.05, 4.69) is 47.7 Å². The van der Waals surface area contributed by atoms with Gasteiger partial charge in [0, 0.05) is 37.8 Å². The van der Waals surface area contributed by atoms with Gasteiger partial charge in [-0.3, -0.25) is 19.3 Å². The Morgan fingerprint density at radius 1 is 0.875 bits per heavy atom. The van der Waals surface area contributed by atoms with Gasteiger partial charge >= 0.3 is 0 Å². The molecule has 3 amide bonds. The molecule has 3 saturated heterocycles. The third-order valence-electron chi connectivity index (χ3n) is 9.28. The van der Waals surface area contributed by atoms with Gasteiger partial charge in [-0.2, -0.15) is 0 Å². The summed E-state index contributed by atoms with van der Waals surface area (Å²) in [6.45, 7) is 19.3. The number of likely N-dealkylation sites (tertiary alicyclic amines) is 3. The monoisotopic (exact) mass is 559 g/mol. The van der Waals surface area contributed by atoms with Crippen molar-refractivity contribution in [3.05, 3.63) is 11.6 Å². The lowest BCUT2D eigenvalue weighted by atomic mass is 9.95. The predicted octanol–water partition coefficient (Wildman–Crippen LogP) is 3.91.